The summed E-state index contributed by atoms with van der Waals surface area (Å²) >= 11 is 0. The quantitative estimate of drug-likeness (QED) is 0.884. The molecule has 1 aliphatic heterocycles. The predicted octanol–water partition coefficient (Wildman–Crippen LogP) is 2.50. The lowest BCUT2D eigenvalue weighted by atomic mass is 10.0. The lowest BCUT2D eigenvalue weighted by Gasteiger charge is -2.29. The lowest BCUT2D eigenvalue weighted by Crippen LogP contribution is -2.32. The molecule has 108 valence electrons. The Morgan fingerprint density at radius 1 is 1.30 bits per heavy atom. The molecular formula is C16H23N3O. The summed E-state index contributed by atoms with van der Waals surface area (Å²) in [4.78, 5) is 4.71. The highest BCUT2D eigenvalue weighted by Crippen LogP contribution is 2.32. The first-order chi connectivity index (χ1) is 9.47. The second-order valence-corrected chi connectivity index (χ2v) is 6.34. The molecule has 0 aliphatic carbocycles. The minimum atomic E-state index is -0.919. The van der Waals surface area contributed by atoms with E-state index in [0.29, 0.717) is 6.04 Å². The minimum Gasteiger partial charge on any atom is -0.383 e. The van der Waals surface area contributed by atoms with Gasteiger partial charge in [0.15, 0.2) is 0 Å². The van der Waals surface area contributed by atoms with Gasteiger partial charge in [-0.25, -0.2) is 4.98 Å². The minimum absolute atomic E-state index is 0.422. The van der Waals surface area contributed by atoms with Crippen molar-refractivity contribution >= 4 is 11.0 Å². The molecule has 0 unspecified atom stereocenters. The van der Waals surface area contributed by atoms with Gasteiger partial charge < -0.3 is 15.0 Å². The maximum absolute atomic E-state index is 10.5. The Bertz CT molecular complexity index is 618. The Kier molecular flexibility index (Phi) is 3.30. The van der Waals surface area contributed by atoms with E-state index in [9.17, 15) is 5.11 Å². The number of hydrogen-bond donors (Lipinski definition) is 2. The van der Waals surface area contributed by atoms with Crippen LogP contribution in [0.15, 0.2) is 18.2 Å². The van der Waals surface area contributed by atoms with E-state index in [4.69, 9.17) is 4.98 Å². The highest BCUT2D eigenvalue weighted by molar-refractivity contribution is 5.77. The molecule has 1 aromatic carbocycles. The number of nitrogens with one attached hydrogen (secondary N) is 1. The monoisotopic (exact) mass is 273 g/mol. The standard InChI is InChI=1S/C16H23N3O/c1-11-4-5-14-13(10-11)18-15(16(2,3)20)19(14)12-6-8-17-9-7-12/h4-5,10,12,17,20H,6-9H2,1-3H3. The molecule has 1 aliphatic rings. The van der Waals surface area contributed by atoms with E-state index in [1.165, 1.54) is 5.56 Å². The van der Waals surface area contributed by atoms with Crippen LogP contribution in [-0.2, 0) is 5.60 Å². The molecule has 1 aromatic heterocycles. The van der Waals surface area contributed by atoms with E-state index in [-0.39, 0.29) is 0 Å². The molecular weight excluding hydrogens is 250 g/mol. The molecule has 0 radical (unpaired) electrons. The van der Waals surface area contributed by atoms with Gasteiger partial charge in [-0.1, -0.05) is 6.07 Å². The van der Waals surface area contributed by atoms with Crippen molar-refractivity contribution in [2.75, 3.05) is 13.1 Å². The fraction of sp³-hybridized carbons (Fsp3) is 0.562. The van der Waals surface area contributed by atoms with Crippen LogP contribution in [0.3, 0.4) is 0 Å². The molecule has 0 bridgehead atoms. The molecule has 2 heterocycles. The summed E-state index contributed by atoms with van der Waals surface area (Å²) in [5.41, 5.74) is 2.41. The fourth-order valence-electron chi connectivity index (χ4n) is 3.07. The number of aryl methyl sites for hydroxylation is 1. The third kappa shape index (κ3) is 2.34. The van der Waals surface area contributed by atoms with Crippen molar-refractivity contribution in [1.29, 1.82) is 0 Å². The molecule has 0 saturated carbocycles. The molecule has 1 saturated heterocycles. The van der Waals surface area contributed by atoms with Crippen LogP contribution in [0.5, 0.6) is 0 Å². The molecule has 1 fully saturated rings. The summed E-state index contributed by atoms with van der Waals surface area (Å²) in [5.74, 6) is 0.782. The van der Waals surface area contributed by atoms with Crippen LogP contribution in [0, 0.1) is 6.92 Å². The molecule has 0 atom stereocenters. The normalized spacial score (nSPS) is 17.8. The lowest BCUT2D eigenvalue weighted by molar-refractivity contribution is 0.0625. The topological polar surface area (TPSA) is 50.1 Å². The van der Waals surface area contributed by atoms with Crippen LogP contribution in [0.2, 0.25) is 0 Å². The smallest absolute Gasteiger partial charge is 0.141 e. The van der Waals surface area contributed by atoms with Gasteiger partial charge in [-0.3, -0.25) is 0 Å². The third-order valence-corrected chi connectivity index (χ3v) is 4.07. The van der Waals surface area contributed by atoms with Gasteiger partial charge in [0.2, 0.25) is 0 Å². The first kappa shape index (κ1) is 13.6. The largest absolute Gasteiger partial charge is 0.383 e. The van der Waals surface area contributed by atoms with Gasteiger partial charge in [-0.15, -0.1) is 0 Å². The number of hydrogen-bond acceptors (Lipinski definition) is 3. The van der Waals surface area contributed by atoms with Crippen LogP contribution >= 0.6 is 0 Å². The van der Waals surface area contributed by atoms with Crippen molar-refractivity contribution in [3.8, 4) is 0 Å². The number of fused-ring (bicyclic) bond motifs is 1. The number of rotatable bonds is 2. The van der Waals surface area contributed by atoms with E-state index in [2.05, 4.69) is 35.0 Å². The number of benzene rings is 1. The number of aromatic nitrogens is 2. The van der Waals surface area contributed by atoms with E-state index in [1.807, 2.05) is 13.8 Å². The molecule has 20 heavy (non-hydrogen) atoms. The Morgan fingerprint density at radius 3 is 2.65 bits per heavy atom. The van der Waals surface area contributed by atoms with Gasteiger partial charge in [-0.2, -0.15) is 0 Å². The zero-order chi connectivity index (χ0) is 14.3. The maximum atomic E-state index is 10.5. The van der Waals surface area contributed by atoms with E-state index in [1.54, 1.807) is 0 Å². The van der Waals surface area contributed by atoms with Gasteiger partial charge in [-0.05, 0) is 64.4 Å². The number of aliphatic hydroxyl groups is 1. The molecule has 0 spiro atoms. The Balaban J connectivity index is 2.20. The average Bonchev–Trinajstić information content (AvgIpc) is 2.78. The van der Waals surface area contributed by atoms with Crippen molar-refractivity contribution in [1.82, 2.24) is 14.9 Å². The van der Waals surface area contributed by atoms with Crippen LogP contribution in [0.4, 0.5) is 0 Å². The van der Waals surface area contributed by atoms with Gasteiger partial charge in [0.1, 0.15) is 11.4 Å². The zero-order valence-electron chi connectivity index (χ0n) is 12.5. The van der Waals surface area contributed by atoms with Gasteiger partial charge in [0.05, 0.1) is 11.0 Å². The van der Waals surface area contributed by atoms with Crippen molar-refractivity contribution in [2.45, 2.75) is 45.3 Å². The summed E-state index contributed by atoms with van der Waals surface area (Å²) in [6, 6.07) is 6.78. The molecule has 4 nitrogen and oxygen atoms in total. The maximum Gasteiger partial charge on any atom is 0.141 e. The highest BCUT2D eigenvalue weighted by atomic mass is 16.3. The second kappa shape index (κ2) is 4.86. The summed E-state index contributed by atoms with van der Waals surface area (Å²) in [6.07, 6.45) is 2.17. The number of piperidine rings is 1. The van der Waals surface area contributed by atoms with Crippen molar-refractivity contribution in [3.63, 3.8) is 0 Å². The number of nitrogens with zero attached hydrogens (tertiary/aromatic N) is 2. The SMILES string of the molecule is Cc1ccc2c(c1)nc(C(C)(C)O)n2C1CCNCC1. The van der Waals surface area contributed by atoms with E-state index in [0.717, 1.165) is 42.8 Å². The molecule has 4 heteroatoms. The average molecular weight is 273 g/mol. The molecule has 3 rings (SSSR count). The molecule has 0 amide bonds. The van der Waals surface area contributed by atoms with Crippen molar-refractivity contribution in [2.24, 2.45) is 0 Å². The first-order valence-electron chi connectivity index (χ1n) is 7.39. The summed E-state index contributed by atoms with van der Waals surface area (Å²) in [7, 11) is 0. The Labute approximate surface area is 119 Å². The van der Waals surface area contributed by atoms with Crippen LogP contribution in [0.1, 0.15) is 44.1 Å². The second-order valence-electron chi connectivity index (χ2n) is 6.34. The van der Waals surface area contributed by atoms with Crippen LogP contribution in [0.25, 0.3) is 11.0 Å². The summed E-state index contributed by atoms with van der Waals surface area (Å²) in [6.45, 7) is 7.77. The number of imidazole rings is 1. The Hall–Kier alpha value is -1.39. The van der Waals surface area contributed by atoms with Gasteiger partial charge in [0.25, 0.3) is 0 Å². The first-order valence-corrected chi connectivity index (χ1v) is 7.39. The van der Waals surface area contributed by atoms with Crippen LogP contribution in [-0.4, -0.2) is 27.7 Å². The summed E-state index contributed by atoms with van der Waals surface area (Å²) in [5, 5.41) is 13.9. The van der Waals surface area contributed by atoms with Gasteiger partial charge in [0, 0.05) is 6.04 Å². The summed E-state index contributed by atoms with van der Waals surface area (Å²) < 4.78 is 2.26. The van der Waals surface area contributed by atoms with Crippen LogP contribution < -0.4 is 5.32 Å². The highest BCUT2D eigenvalue weighted by Gasteiger charge is 2.29. The van der Waals surface area contributed by atoms with Gasteiger partial charge >= 0.3 is 0 Å². The van der Waals surface area contributed by atoms with Crippen molar-refractivity contribution in [3.05, 3.63) is 29.6 Å². The zero-order valence-corrected chi connectivity index (χ0v) is 12.5. The van der Waals surface area contributed by atoms with E-state index >= 15 is 0 Å². The fourth-order valence-corrected chi connectivity index (χ4v) is 3.07. The molecule has 2 aromatic rings. The molecule has 2 N–H and O–H groups in total. The third-order valence-electron chi connectivity index (χ3n) is 4.07. The predicted molar refractivity (Wildman–Crippen MR) is 80.9 cm³/mol. The van der Waals surface area contributed by atoms with Crippen molar-refractivity contribution < 1.29 is 5.11 Å². The Morgan fingerprint density at radius 2 is 2.00 bits per heavy atom. The van der Waals surface area contributed by atoms with E-state index < -0.39 is 5.60 Å².